The Labute approximate surface area is 155 Å². The number of nitrogens with zero attached hydrogens (tertiary/aromatic N) is 3. The summed E-state index contributed by atoms with van der Waals surface area (Å²) in [5.74, 6) is 0.590. The lowest BCUT2D eigenvalue weighted by atomic mass is 10.0. The van der Waals surface area contributed by atoms with Gasteiger partial charge in [-0.1, -0.05) is 35.5 Å². The fourth-order valence-electron chi connectivity index (χ4n) is 3.71. The van der Waals surface area contributed by atoms with Crippen molar-refractivity contribution in [3.8, 4) is 11.3 Å². The van der Waals surface area contributed by atoms with Gasteiger partial charge in [-0.3, -0.25) is 9.69 Å². The maximum absolute atomic E-state index is 12.6. The number of likely N-dealkylation sites (tertiary alicyclic amines) is 1. The topological polar surface area (TPSA) is 49.6 Å². The fraction of sp³-hybridized carbons (Fsp3) is 0.300. The van der Waals surface area contributed by atoms with Crippen molar-refractivity contribution in [1.29, 1.82) is 0 Å². The zero-order valence-corrected chi connectivity index (χ0v) is 15.1. The zero-order chi connectivity index (χ0) is 17.5. The van der Waals surface area contributed by atoms with Crippen LogP contribution < -0.4 is 0 Å². The smallest absolute Gasteiger partial charge is 0.276 e. The Morgan fingerprint density at radius 2 is 2.04 bits per heavy atom. The van der Waals surface area contributed by atoms with E-state index in [-0.39, 0.29) is 5.91 Å². The molecule has 3 aromatic rings. The standard InChI is InChI=1S/C20H19N3O2S/c24-20(17-10-18(25-21-17)14-4-2-1-3-5-14)23-12-16(13-23)22-8-6-19-15(11-22)7-9-26-19/h1-5,7,9-10,16H,6,8,11-13H2. The largest absolute Gasteiger partial charge is 0.355 e. The summed E-state index contributed by atoms with van der Waals surface area (Å²) in [4.78, 5) is 18.5. The minimum Gasteiger partial charge on any atom is -0.355 e. The number of fused-ring (bicyclic) bond motifs is 1. The molecule has 0 N–H and O–H groups in total. The van der Waals surface area contributed by atoms with Crippen LogP contribution in [-0.4, -0.2) is 46.5 Å². The molecule has 0 spiro atoms. The van der Waals surface area contributed by atoms with Gasteiger partial charge in [0, 0.05) is 48.7 Å². The van der Waals surface area contributed by atoms with Crippen LogP contribution in [0.5, 0.6) is 0 Å². The van der Waals surface area contributed by atoms with Gasteiger partial charge >= 0.3 is 0 Å². The van der Waals surface area contributed by atoms with Crippen LogP contribution in [0, 0.1) is 0 Å². The van der Waals surface area contributed by atoms with Crippen LogP contribution in [0.25, 0.3) is 11.3 Å². The summed E-state index contributed by atoms with van der Waals surface area (Å²) in [6, 6.07) is 14.2. The second kappa shape index (κ2) is 6.37. The molecule has 132 valence electrons. The summed E-state index contributed by atoms with van der Waals surface area (Å²) in [6.45, 7) is 3.63. The van der Waals surface area contributed by atoms with E-state index in [4.69, 9.17) is 4.52 Å². The molecule has 2 aliphatic rings. The Kier molecular flexibility index (Phi) is 3.87. The van der Waals surface area contributed by atoms with Crippen molar-refractivity contribution in [1.82, 2.24) is 15.0 Å². The lowest BCUT2D eigenvalue weighted by molar-refractivity contribution is 0.0213. The number of hydrogen-bond donors (Lipinski definition) is 0. The molecule has 1 saturated heterocycles. The van der Waals surface area contributed by atoms with Crippen LogP contribution in [0.4, 0.5) is 0 Å². The molecule has 0 saturated carbocycles. The highest BCUT2D eigenvalue weighted by Crippen LogP contribution is 2.28. The molecule has 1 amide bonds. The summed E-state index contributed by atoms with van der Waals surface area (Å²) in [6.07, 6.45) is 1.13. The minimum atomic E-state index is -0.0413. The number of amides is 1. The van der Waals surface area contributed by atoms with Gasteiger partial charge < -0.3 is 9.42 Å². The Morgan fingerprint density at radius 1 is 1.19 bits per heavy atom. The van der Waals surface area contributed by atoms with Crippen molar-refractivity contribution < 1.29 is 9.32 Å². The van der Waals surface area contributed by atoms with Crippen LogP contribution >= 0.6 is 11.3 Å². The summed E-state index contributed by atoms with van der Waals surface area (Å²) >= 11 is 1.86. The monoisotopic (exact) mass is 365 g/mol. The number of benzene rings is 1. The quantitative estimate of drug-likeness (QED) is 0.715. The molecule has 2 aliphatic heterocycles. The van der Waals surface area contributed by atoms with Gasteiger partial charge in [0.1, 0.15) is 0 Å². The highest BCUT2D eigenvalue weighted by molar-refractivity contribution is 7.10. The van der Waals surface area contributed by atoms with Crippen molar-refractivity contribution in [3.63, 3.8) is 0 Å². The first-order chi connectivity index (χ1) is 12.8. The van der Waals surface area contributed by atoms with Crippen molar-refractivity contribution >= 4 is 17.2 Å². The van der Waals surface area contributed by atoms with Crippen molar-refractivity contribution in [2.75, 3.05) is 19.6 Å². The minimum absolute atomic E-state index is 0.0413. The van der Waals surface area contributed by atoms with Gasteiger partial charge in [-0.25, -0.2) is 0 Å². The number of aromatic nitrogens is 1. The van der Waals surface area contributed by atoms with Gasteiger partial charge in [-0.05, 0) is 23.4 Å². The van der Waals surface area contributed by atoms with Gasteiger partial charge in [0.05, 0.1) is 0 Å². The Hall–Kier alpha value is -2.44. The predicted molar refractivity (Wildman–Crippen MR) is 100 cm³/mol. The van der Waals surface area contributed by atoms with E-state index in [1.807, 2.05) is 46.6 Å². The van der Waals surface area contributed by atoms with Crippen LogP contribution in [0.15, 0.2) is 52.4 Å². The lowest BCUT2D eigenvalue weighted by Crippen LogP contribution is -2.61. The van der Waals surface area contributed by atoms with E-state index in [1.165, 1.54) is 10.4 Å². The molecule has 0 aliphatic carbocycles. The third-order valence-corrected chi connectivity index (χ3v) is 6.31. The molecule has 1 aromatic carbocycles. The second-order valence-electron chi connectivity index (χ2n) is 6.90. The number of thiophene rings is 1. The van der Waals surface area contributed by atoms with Crippen molar-refractivity contribution in [2.24, 2.45) is 0 Å². The van der Waals surface area contributed by atoms with Crippen LogP contribution in [-0.2, 0) is 13.0 Å². The first kappa shape index (κ1) is 15.8. The molecule has 6 heteroatoms. The molecule has 4 heterocycles. The Bertz CT molecular complexity index is 927. The van der Waals surface area contributed by atoms with Gasteiger partial charge in [0.15, 0.2) is 11.5 Å². The highest BCUT2D eigenvalue weighted by Gasteiger charge is 2.37. The maximum Gasteiger partial charge on any atom is 0.276 e. The number of carbonyl (C=O) groups is 1. The Balaban J connectivity index is 1.22. The molecule has 5 nitrogen and oxygen atoms in total. The number of rotatable bonds is 3. The van der Waals surface area contributed by atoms with E-state index in [9.17, 15) is 4.79 Å². The third kappa shape index (κ3) is 2.75. The summed E-state index contributed by atoms with van der Waals surface area (Å²) < 4.78 is 5.36. The SMILES string of the molecule is O=C(c1cc(-c2ccccc2)on1)N1CC(N2CCc3sccc3C2)C1. The average molecular weight is 365 g/mol. The van der Waals surface area contributed by atoms with Gasteiger partial charge in [-0.15, -0.1) is 11.3 Å². The van der Waals surface area contributed by atoms with Gasteiger partial charge in [0.2, 0.25) is 0 Å². The van der Waals surface area contributed by atoms with E-state index in [0.717, 1.165) is 38.2 Å². The van der Waals surface area contributed by atoms with E-state index < -0.39 is 0 Å². The predicted octanol–water partition coefficient (Wildman–Crippen LogP) is 3.29. The molecule has 1 fully saturated rings. The first-order valence-electron chi connectivity index (χ1n) is 8.88. The van der Waals surface area contributed by atoms with Crippen molar-refractivity contribution in [2.45, 2.75) is 19.0 Å². The molecular weight excluding hydrogens is 346 g/mol. The normalized spacial score (nSPS) is 17.8. The molecule has 0 unspecified atom stereocenters. The molecule has 5 rings (SSSR count). The van der Waals surface area contributed by atoms with Gasteiger partial charge in [0.25, 0.3) is 5.91 Å². The first-order valence-corrected chi connectivity index (χ1v) is 9.76. The molecular formula is C20H19N3O2S. The van der Waals surface area contributed by atoms with E-state index in [2.05, 4.69) is 21.5 Å². The fourth-order valence-corrected chi connectivity index (χ4v) is 4.60. The average Bonchev–Trinajstić information content (AvgIpc) is 3.30. The molecule has 2 aromatic heterocycles. The van der Waals surface area contributed by atoms with Crippen molar-refractivity contribution in [3.05, 3.63) is 64.0 Å². The number of hydrogen-bond acceptors (Lipinski definition) is 5. The summed E-state index contributed by atoms with van der Waals surface area (Å²) in [5.41, 5.74) is 2.77. The van der Waals surface area contributed by atoms with E-state index in [1.54, 1.807) is 6.07 Å². The molecule has 0 atom stereocenters. The van der Waals surface area contributed by atoms with Crippen LogP contribution in [0.3, 0.4) is 0 Å². The summed E-state index contributed by atoms with van der Waals surface area (Å²) in [5, 5.41) is 6.16. The Morgan fingerprint density at radius 3 is 2.88 bits per heavy atom. The third-order valence-electron chi connectivity index (χ3n) is 5.29. The summed E-state index contributed by atoms with van der Waals surface area (Å²) in [7, 11) is 0. The lowest BCUT2D eigenvalue weighted by Gasteiger charge is -2.46. The van der Waals surface area contributed by atoms with E-state index in [0.29, 0.717) is 17.5 Å². The second-order valence-corrected chi connectivity index (χ2v) is 7.90. The van der Waals surface area contributed by atoms with E-state index >= 15 is 0 Å². The molecule has 0 radical (unpaired) electrons. The van der Waals surface area contributed by atoms with Crippen LogP contribution in [0.1, 0.15) is 20.9 Å². The number of carbonyl (C=O) groups excluding carboxylic acids is 1. The highest BCUT2D eigenvalue weighted by atomic mass is 32.1. The van der Waals surface area contributed by atoms with Crippen LogP contribution in [0.2, 0.25) is 0 Å². The molecule has 26 heavy (non-hydrogen) atoms. The maximum atomic E-state index is 12.6. The zero-order valence-electron chi connectivity index (χ0n) is 14.3. The molecule has 0 bridgehead atoms. The van der Waals surface area contributed by atoms with Gasteiger partial charge in [-0.2, -0.15) is 0 Å².